The largest absolute Gasteiger partial charge is 0.465 e. The van der Waals surface area contributed by atoms with Crippen LogP contribution in [0.25, 0.3) is 0 Å². The van der Waals surface area contributed by atoms with Crippen molar-refractivity contribution in [3.63, 3.8) is 0 Å². The molecule has 0 aliphatic heterocycles. The lowest BCUT2D eigenvalue weighted by Crippen LogP contribution is -2.22. The second-order valence-electron chi connectivity index (χ2n) is 3.12. The SMILES string of the molecule is COC(=O)c1cccc(OC(=O)C(C)O)c1. The minimum atomic E-state index is -1.21. The van der Waals surface area contributed by atoms with E-state index in [2.05, 4.69) is 4.74 Å². The third kappa shape index (κ3) is 3.06. The molecule has 1 aromatic carbocycles. The maximum atomic E-state index is 11.2. The van der Waals surface area contributed by atoms with Crippen LogP contribution in [0.5, 0.6) is 5.75 Å². The van der Waals surface area contributed by atoms with Gasteiger partial charge >= 0.3 is 11.9 Å². The number of methoxy groups -OCH3 is 1. The number of rotatable bonds is 3. The molecule has 0 amide bonds. The van der Waals surface area contributed by atoms with Gasteiger partial charge in [-0.1, -0.05) is 6.07 Å². The van der Waals surface area contributed by atoms with Gasteiger partial charge in [-0.15, -0.1) is 0 Å². The third-order valence-electron chi connectivity index (χ3n) is 1.81. The Bertz CT molecular complexity index is 397. The average Bonchev–Trinajstić information content (AvgIpc) is 2.28. The Morgan fingerprint density at radius 1 is 1.38 bits per heavy atom. The Labute approximate surface area is 92.6 Å². The molecular weight excluding hydrogens is 212 g/mol. The van der Waals surface area contributed by atoms with E-state index in [0.29, 0.717) is 0 Å². The van der Waals surface area contributed by atoms with Crippen molar-refractivity contribution >= 4 is 11.9 Å². The van der Waals surface area contributed by atoms with Crippen LogP contribution < -0.4 is 4.74 Å². The van der Waals surface area contributed by atoms with E-state index in [1.165, 1.54) is 32.2 Å². The summed E-state index contributed by atoms with van der Waals surface area (Å²) in [6.45, 7) is 1.30. The number of carbonyl (C=O) groups excluding carboxylic acids is 2. The van der Waals surface area contributed by atoms with Gasteiger partial charge in [0.05, 0.1) is 12.7 Å². The van der Waals surface area contributed by atoms with E-state index in [9.17, 15) is 9.59 Å². The van der Waals surface area contributed by atoms with Crippen LogP contribution >= 0.6 is 0 Å². The van der Waals surface area contributed by atoms with E-state index in [0.717, 1.165) is 0 Å². The summed E-state index contributed by atoms with van der Waals surface area (Å²) in [4.78, 5) is 22.2. The van der Waals surface area contributed by atoms with Crippen LogP contribution in [0.3, 0.4) is 0 Å². The first kappa shape index (κ1) is 12.2. The molecule has 5 nitrogen and oxygen atoms in total. The molecule has 0 aliphatic carbocycles. The van der Waals surface area contributed by atoms with Crippen LogP contribution in [0.1, 0.15) is 17.3 Å². The van der Waals surface area contributed by atoms with Gasteiger partial charge in [-0.05, 0) is 25.1 Å². The number of aliphatic hydroxyl groups is 1. The zero-order chi connectivity index (χ0) is 12.1. The van der Waals surface area contributed by atoms with Crippen molar-refractivity contribution in [1.29, 1.82) is 0 Å². The highest BCUT2D eigenvalue weighted by atomic mass is 16.5. The third-order valence-corrected chi connectivity index (χ3v) is 1.81. The molecule has 1 N–H and O–H groups in total. The second kappa shape index (κ2) is 5.27. The first-order chi connectivity index (χ1) is 7.54. The number of hydrogen-bond acceptors (Lipinski definition) is 5. The molecule has 0 heterocycles. The Balaban J connectivity index is 2.83. The molecule has 0 spiro atoms. The molecule has 86 valence electrons. The molecule has 0 saturated carbocycles. The molecule has 0 saturated heterocycles. The van der Waals surface area contributed by atoms with Crippen LogP contribution in [0.4, 0.5) is 0 Å². The van der Waals surface area contributed by atoms with Crippen LogP contribution in [0, 0.1) is 0 Å². The number of ether oxygens (including phenoxy) is 2. The van der Waals surface area contributed by atoms with Gasteiger partial charge in [0.2, 0.25) is 0 Å². The van der Waals surface area contributed by atoms with E-state index in [-0.39, 0.29) is 11.3 Å². The molecule has 16 heavy (non-hydrogen) atoms. The summed E-state index contributed by atoms with van der Waals surface area (Å²) in [5.74, 6) is -1.11. The second-order valence-corrected chi connectivity index (χ2v) is 3.12. The fourth-order valence-corrected chi connectivity index (χ4v) is 1.01. The van der Waals surface area contributed by atoms with Crippen LogP contribution in [-0.4, -0.2) is 30.3 Å². The highest BCUT2D eigenvalue weighted by Gasteiger charge is 2.13. The maximum absolute atomic E-state index is 11.2. The molecule has 1 aromatic rings. The Morgan fingerprint density at radius 2 is 2.06 bits per heavy atom. The van der Waals surface area contributed by atoms with Crippen molar-refractivity contribution in [3.05, 3.63) is 29.8 Å². The number of aliphatic hydroxyl groups excluding tert-OH is 1. The topological polar surface area (TPSA) is 72.8 Å². The zero-order valence-electron chi connectivity index (χ0n) is 8.97. The number of esters is 2. The van der Waals surface area contributed by atoms with E-state index >= 15 is 0 Å². The summed E-state index contributed by atoms with van der Waals surface area (Å²) in [7, 11) is 1.26. The average molecular weight is 224 g/mol. The van der Waals surface area contributed by atoms with Crippen molar-refractivity contribution < 1.29 is 24.2 Å². The Kier molecular flexibility index (Phi) is 4.02. The van der Waals surface area contributed by atoms with Gasteiger partial charge in [0.25, 0.3) is 0 Å². The molecule has 0 fully saturated rings. The van der Waals surface area contributed by atoms with Crippen molar-refractivity contribution in [2.24, 2.45) is 0 Å². The molecule has 0 radical (unpaired) electrons. The molecular formula is C11H12O5. The quantitative estimate of drug-likeness (QED) is 0.606. The molecule has 0 aliphatic rings. The van der Waals surface area contributed by atoms with Crippen LogP contribution in [0.2, 0.25) is 0 Å². The molecule has 5 heteroatoms. The number of benzene rings is 1. The van der Waals surface area contributed by atoms with Crippen molar-refractivity contribution in [3.8, 4) is 5.75 Å². The van der Waals surface area contributed by atoms with Gasteiger partial charge in [0.1, 0.15) is 11.9 Å². The lowest BCUT2D eigenvalue weighted by Gasteiger charge is -2.06. The molecule has 1 atom stereocenters. The normalized spacial score (nSPS) is 11.7. The van der Waals surface area contributed by atoms with E-state index < -0.39 is 18.0 Å². The summed E-state index contributed by atoms with van der Waals surface area (Å²) in [5.41, 5.74) is 0.276. The minimum Gasteiger partial charge on any atom is -0.465 e. The van der Waals surface area contributed by atoms with Crippen LogP contribution in [0.15, 0.2) is 24.3 Å². The van der Waals surface area contributed by atoms with Gasteiger partial charge in [-0.2, -0.15) is 0 Å². The van der Waals surface area contributed by atoms with Crippen molar-refractivity contribution in [1.82, 2.24) is 0 Å². The minimum absolute atomic E-state index is 0.189. The van der Waals surface area contributed by atoms with E-state index in [1.54, 1.807) is 6.07 Å². The lowest BCUT2D eigenvalue weighted by atomic mass is 10.2. The summed E-state index contributed by atoms with van der Waals surface area (Å²) in [5, 5.41) is 8.94. The van der Waals surface area contributed by atoms with Crippen LogP contribution in [-0.2, 0) is 9.53 Å². The fraction of sp³-hybridized carbons (Fsp3) is 0.273. The first-order valence-electron chi connectivity index (χ1n) is 4.62. The van der Waals surface area contributed by atoms with E-state index in [1.807, 2.05) is 0 Å². The van der Waals surface area contributed by atoms with E-state index in [4.69, 9.17) is 9.84 Å². The Hall–Kier alpha value is -1.88. The van der Waals surface area contributed by atoms with Crippen molar-refractivity contribution in [2.45, 2.75) is 13.0 Å². The highest BCUT2D eigenvalue weighted by molar-refractivity contribution is 5.90. The smallest absolute Gasteiger partial charge is 0.340 e. The lowest BCUT2D eigenvalue weighted by molar-refractivity contribution is -0.142. The fourth-order valence-electron chi connectivity index (χ4n) is 1.01. The van der Waals surface area contributed by atoms with Gasteiger partial charge in [-0.3, -0.25) is 0 Å². The molecule has 1 rings (SSSR count). The summed E-state index contributed by atoms with van der Waals surface area (Å²) >= 11 is 0. The van der Waals surface area contributed by atoms with Gasteiger partial charge in [-0.25, -0.2) is 9.59 Å². The molecule has 1 unspecified atom stereocenters. The zero-order valence-corrected chi connectivity index (χ0v) is 8.97. The van der Waals surface area contributed by atoms with Gasteiger partial charge < -0.3 is 14.6 Å². The molecule has 0 bridgehead atoms. The number of carbonyl (C=O) groups is 2. The summed E-state index contributed by atoms with van der Waals surface area (Å²) in [6.07, 6.45) is -1.21. The highest BCUT2D eigenvalue weighted by Crippen LogP contribution is 2.14. The first-order valence-corrected chi connectivity index (χ1v) is 4.62. The molecule has 0 aromatic heterocycles. The standard InChI is InChI=1S/C11H12O5/c1-7(12)10(13)16-9-5-3-4-8(6-9)11(14)15-2/h3-7,12H,1-2H3. The monoisotopic (exact) mass is 224 g/mol. The predicted molar refractivity (Wildman–Crippen MR) is 55.1 cm³/mol. The summed E-state index contributed by atoms with van der Waals surface area (Å²) < 4.78 is 9.33. The number of hydrogen-bond donors (Lipinski definition) is 1. The van der Waals surface area contributed by atoms with Crippen molar-refractivity contribution in [2.75, 3.05) is 7.11 Å². The summed E-state index contributed by atoms with van der Waals surface area (Å²) in [6, 6.07) is 5.96. The maximum Gasteiger partial charge on any atom is 0.340 e. The van der Waals surface area contributed by atoms with Gasteiger partial charge in [0, 0.05) is 0 Å². The van der Waals surface area contributed by atoms with Gasteiger partial charge in [0.15, 0.2) is 0 Å². The predicted octanol–water partition coefficient (Wildman–Crippen LogP) is 0.759. The Morgan fingerprint density at radius 3 is 2.62 bits per heavy atom.